The molecule has 30 heavy (non-hydrogen) atoms. The maximum absolute atomic E-state index is 13.4. The van der Waals surface area contributed by atoms with Crippen LogP contribution in [-0.2, 0) is 32.6 Å². The van der Waals surface area contributed by atoms with E-state index < -0.39 is 21.2 Å². The van der Waals surface area contributed by atoms with Crippen LogP contribution in [0.4, 0.5) is 0 Å². The van der Waals surface area contributed by atoms with Crippen molar-refractivity contribution in [2.45, 2.75) is 24.8 Å². The van der Waals surface area contributed by atoms with E-state index >= 15 is 0 Å². The van der Waals surface area contributed by atoms with Crippen LogP contribution in [0.15, 0.2) is 61.2 Å². The highest BCUT2D eigenvalue weighted by molar-refractivity contribution is 7.90. The molecule has 2 aromatic rings. The molecule has 0 aliphatic heterocycles. The van der Waals surface area contributed by atoms with Gasteiger partial charge in [-0.05, 0) is 41.8 Å². The van der Waals surface area contributed by atoms with Crippen molar-refractivity contribution in [3.63, 3.8) is 0 Å². The Bertz CT molecular complexity index is 889. The molecule has 2 aromatic carbocycles. The zero-order chi connectivity index (χ0) is 22.1. The summed E-state index contributed by atoms with van der Waals surface area (Å²) in [7, 11) is 0.255. The van der Waals surface area contributed by atoms with Gasteiger partial charge in [0.1, 0.15) is 11.5 Å². The lowest BCUT2D eigenvalue weighted by Gasteiger charge is -2.26. The molecule has 1 unspecified atom stereocenters. The zero-order valence-corrected chi connectivity index (χ0v) is 18.2. The van der Waals surface area contributed by atoms with Crippen LogP contribution in [0.2, 0.25) is 0 Å². The maximum Gasteiger partial charge on any atom is 0.325 e. The van der Waals surface area contributed by atoms with Crippen molar-refractivity contribution in [3.05, 3.63) is 72.3 Å². The van der Waals surface area contributed by atoms with Crippen molar-refractivity contribution >= 4 is 16.0 Å². The van der Waals surface area contributed by atoms with Crippen molar-refractivity contribution in [2.75, 3.05) is 21.3 Å². The second kappa shape index (κ2) is 10.8. The molecule has 0 saturated heterocycles. The molecule has 0 radical (unpaired) electrons. The molecule has 0 aliphatic rings. The average Bonchev–Trinajstić information content (AvgIpc) is 2.77. The molecular weight excluding hydrogens is 406 g/mol. The van der Waals surface area contributed by atoms with Crippen LogP contribution in [0, 0.1) is 0 Å². The van der Waals surface area contributed by atoms with Gasteiger partial charge in [0.2, 0.25) is 10.0 Å². The molecule has 0 spiro atoms. The number of methoxy groups -OCH3 is 3. The molecule has 0 amide bonds. The average molecular weight is 434 g/mol. The quantitative estimate of drug-likeness (QED) is 0.400. The van der Waals surface area contributed by atoms with Crippen LogP contribution < -0.4 is 9.47 Å². The Morgan fingerprint density at radius 2 is 1.37 bits per heavy atom. The minimum absolute atomic E-state index is 0.0449. The van der Waals surface area contributed by atoms with Crippen LogP contribution in [-0.4, -0.2) is 45.3 Å². The smallest absolute Gasteiger partial charge is 0.325 e. The number of carbonyl (C=O) groups excluding carboxylic acids is 1. The topological polar surface area (TPSA) is 82.1 Å². The highest BCUT2D eigenvalue weighted by Crippen LogP contribution is 2.23. The number of benzene rings is 2. The van der Waals surface area contributed by atoms with Gasteiger partial charge in [-0.15, -0.1) is 6.58 Å². The van der Waals surface area contributed by atoms with E-state index in [4.69, 9.17) is 14.2 Å². The van der Waals surface area contributed by atoms with Gasteiger partial charge < -0.3 is 14.2 Å². The van der Waals surface area contributed by atoms with Gasteiger partial charge in [0.15, 0.2) is 5.25 Å². The van der Waals surface area contributed by atoms with Gasteiger partial charge in [-0.3, -0.25) is 4.79 Å². The Balaban J connectivity index is 2.40. The molecule has 0 fully saturated rings. The predicted molar refractivity (Wildman–Crippen MR) is 115 cm³/mol. The first-order valence-electron chi connectivity index (χ1n) is 9.29. The summed E-state index contributed by atoms with van der Waals surface area (Å²) in [4.78, 5) is 12.2. The fraction of sp³-hybridized carbons (Fsp3) is 0.318. The summed E-state index contributed by atoms with van der Waals surface area (Å²) < 4.78 is 43.1. The standard InChI is InChI=1S/C22H27NO6S/c1-5-6-21(22(24)29-4)30(25,26)23(15-17-7-11-19(27-2)12-8-17)16-18-9-13-20(28-3)14-10-18/h5,7-14,21H,1,6,15-16H2,2-4H3. The minimum atomic E-state index is -4.04. The Hall–Kier alpha value is -2.84. The van der Waals surface area contributed by atoms with E-state index in [1.165, 1.54) is 17.5 Å². The Morgan fingerprint density at radius 3 is 1.70 bits per heavy atom. The van der Waals surface area contributed by atoms with Gasteiger partial charge in [0, 0.05) is 13.1 Å². The number of ether oxygens (including phenoxy) is 3. The van der Waals surface area contributed by atoms with Crippen molar-refractivity contribution < 1.29 is 27.4 Å². The van der Waals surface area contributed by atoms with E-state index in [1.54, 1.807) is 62.8 Å². The summed E-state index contributed by atoms with van der Waals surface area (Å²) in [6, 6.07) is 14.2. The SMILES string of the molecule is C=CCC(C(=O)OC)S(=O)(=O)N(Cc1ccc(OC)cc1)Cc1ccc(OC)cc1. The number of allylic oxidation sites excluding steroid dienone is 1. The van der Waals surface area contributed by atoms with Crippen molar-refractivity contribution in [1.29, 1.82) is 0 Å². The Morgan fingerprint density at radius 1 is 0.933 bits per heavy atom. The molecule has 0 heterocycles. The van der Waals surface area contributed by atoms with Crippen LogP contribution in [0.25, 0.3) is 0 Å². The summed E-state index contributed by atoms with van der Waals surface area (Å²) in [5, 5.41) is -1.36. The van der Waals surface area contributed by atoms with E-state index in [0.29, 0.717) is 11.5 Å². The fourth-order valence-corrected chi connectivity index (χ4v) is 4.64. The molecule has 0 saturated carbocycles. The number of sulfonamides is 1. The van der Waals surface area contributed by atoms with Crippen LogP contribution in [0.1, 0.15) is 17.5 Å². The summed E-state index contributed by atoms with van der Waals surface area (Å²) in [5.41, 5.74) is 1.52. The second-order valence-corrected chi connectivity index (χ2v) is 8.66. The van der Waals surface area contributed by atoms with E-state index in [9.17, 15) is 13.2 Å². The minimum Gasteiger partial charge on any atom is -0.497 e. The number of rotatable bonds is 11. The van der Waals surface area contributed by atoms with Gasteiger partial charge in [-0.25, -0.2) is 8.42 Å². The van der Waals surface area contributed by atoms with Gasteiger partial charge in [-0.1, -0.05) is 30.3 Å². The van der Waals surface area contributed by atoms with E-state index in [-0.39, 0.29) is 19.5 Å². The molecule has 0 aliphatic carbocycles. The fourth-order valence-electron chi connectivity index (χ4n) is 2.91. The van der Waals surface area contributed by atoms with Crippen LogP contribution in [0.5, 0.6) is 11.5 Å². The van der Waals surface area contributed by atoms with Crippen molar-refractivity contribution in [1.82, 2.24) is 4.31 Å². The zero-order valence-electron chi connectivity index (χ0n) is 17.4. The number of nitrogens with zero attached hydrogens (tertiary/aromatic N) is 1. The first-order chi connectivity index (χ1) is 14.3. The van der Waals surface area contributed by atoms with Crippen LogP contribution in [0.3, 0.4) is 0 Å². The number of hydrogen-bond acceptors (Lipinski definition) is 6. The number of esters is 1. The molecule has 162 valence electrons. The third kappa shape index (κ3) is 5.84. The maximum atomic E-state index is 13.4. The van der Waals surface area contributed by atoms with Gasteiger partial charge in [0.05, 0.1) is 21.3 Å². The Labute approximate surface area is 177 Å². The summed E-state index contributed by atoms with van der Waals surface area (Å²) in [6.45, 7) is 3.75. The lowest BCUT2D eigenvalue weighted by atomic mass is 10.2. The molecule has 0 bridgehead atoms. The summed E-state index contributed by atoms with van der Waals surface area (Å²) in [6.07, 6.45) is 1.36. The molecule has 8 heteroatoms. The molecule has 0 aromatic heterocycles. The van der Waals surface area contributed by atoms with E-state index in [2.05, 4.69) is 6.58 Å². The number of hydrogen-bond donors (Lipinski definition) is 0. The Kier molecular flexibility index (Phi) is 8.44. The molecule has 2 rings (SSSR count). The van der Waals surface area contributed by atoms with Gasteiger partial charge in [0.25, 0.3) is 0 Å². The molecule has 7 nitrogen and oxygen atoms in total. The summed E-state index contributed by atoms with van der Waals surface area (Å²) >= 11 is 0. The lowest BCUT2D eigenvalue weighted by Crippen LogP contribution is -2.42. The highest BCUT2D eigenvalue weighted by Gasteiger charge is 2.37. The highest BCUT2D eigenvalue weighted by atomic mass is 32.2. The first kappa shape index (κ1) is 23.4. The van der Waals surface area contributed by atoms with Crippen LogP contribution >= 0.6 is 0 Å². The largest absolute Gasteiger partial charge is 0.497 e. The molecule has 0 N–H and O–H groups in total. The predicted octanol–water partition coefficient (Wildman–Crippen LogP) is 3.15. The third-order valence-corrected chi connectivity index (χ3v) is 6.68. The van der Waals surface area contributed by atoms with Crippen molar-refractivity contribution in [2.24, 2.45) is 0 Å². The molecular formula is C22H27NO6S. The van der Waals surface area contributed by atoms with Gasteiger partial charge >= 0.3 is 5.97 Å². The van der Waals surface area contributed by atoms with E-state index in [0.717, 1.165) is 11.1 Å². The lowest BCUT2D eigenvalue weighted by molar-refractivity contribution is -0.140. The normalized spacial score (nSPS) is 12.3. The molecule has 1 atom stereocenters. The first-order valence-corrected chi connectivity index (χ1v) is 10.8. The van der Waals surface area contributed by atoms with Gasteiger partial charge in [-0.2, -0.15) is 4.31 Å². The third-order valence-electron chi connectivity index (χ3n) is 4.60. The van der Waals surface area contributed by atoms with Crippen molar-refractivity contribution in [3.8, 4) is 11.5 Å². The monoisotopic (exact) mass is 433 g/mol. The second-order valence-electron chi connectivity index (χ2n) is 6.55. The number of carbonyl (C=O) groups is 1. The summed E-state index contributed by atoms with van der Waals surface area (Å²) in [5.74, 6) is 0.522. The van der Waals surface area contributed by atoms with E-state index in [1.807, 2.05) is 0 Å².